The van der Waals surface area contributed by atoms with Crippen molar-refractivity contribution in [3.63, 3.8) is 0 Å². The van der Waals surface area contributed by atoms with E-state index in [1.807, 2.05) is 39.8 Å². The molecule has 1 rings (SSSR count). The average Bonchev–Trinajstić information content (AvgIpc) is 2.26. The zero-order valence-electron chi connectivity index (χ0n) is 12.6. The van der Waals surface area contributed by atoms with Gasteiger partial charge in [0.25, 0.3) is 0 Å². The zero-order chi connectivity index (χ0) is 15.3. The number of hydrogen-bond donors (Lipinski definition) is 1. The minimum atomic E-state index is -0.514. The van der Waals surface area contributed by atoms with Crippen LogP contribution in [0.2, 0.25) is 0 Å². The number of anilines is 1. The van der Waals surface area contributed by atoms with E-state index in [0.29, 0.717) is 12.2 Å². The first-order valence-corrected chi connectivity index (χ1v) is 7.30. The van der Waals surface area contributed by atoms with Gasteiger partial charge < -0.3 is 14.8 Å². The highest BCUT2D eigenvalue weighted by Crippen LogP contribution is 2.24. The third kappa shape index (κ3) is 5.51. The molecule has 0 unspecified atom stereocenters. The van der Waals surface area contributed by atoms with Crippen LogP contribution in [0.4, 0.5) is 5.69 Å². The Balaban J connectivity index is 2.98. The first-order valence-electron chi connectivity index (χ1n) is 6.51. The highest BCUT2D eigenvalue weighted by atomic mass is 79.9. The van der Waals surface area contributed by atoms with E-state index >= 15 is 0 Å². The summed E-state index contributed by atoms with van der Waals surface area (Å²) in [5, 5.41) is 3.26. The Morgan fingerprint density at radius 1 is 1.40 bits per heavy atom. The molecule has 5 heteroatoms. The first kappa shape index (κ1) is 17.0. The lowest BCUT2D eigenvalue weighted by atomic mass is 10.1. The summed E-state index contributed by atoms with van der Waals surface area (Å²) in [6.45, 7) is 8.10. The Hall–Kier alpha value is -1.07. The molecule has 0 aliphatic carbocycles. The second-order valence-electron chi connectivity index (χ2n) is 5.69. The number of rotatable bonds is 5. The molecule has 112 valence electrons. The molecule has 1 aromatic carbocycles. The van der Waals surface area contributed by atoms with Crippen molar-refractivity contribution in [1.29, 1.82) is 0 Å². The minimum absolute atomic E-state index is 0.0930. The monoisotopic (exact) mass is 343 g/mol. The molecular formula is C15H22BrNO3. The number of nitrogens with one attached hydrogen (secondary N) is 1. The van der Waals surface area contributed by atoms with Gasteiger partial charge in [-0.1, -0.05) is 15.9 Å². The van der Waals surface area contributed by atoms with E-state index in [0.717, 1.165) is 10.2 Å². The zero-order valence-corrected chi connectivity index (χ0v) is 14.2. The van der Waals surface area contributed by atoms with Crippen molar-refractivity contribution in [2.45, 2.75) is 39.3 Å². The number of benzene rings is 1. The Morgan fingerprint density at radius 2 is 2.05 bits per heavy atom. The normalized spacial score (nSPS) is 12.9. The molecule has 1 atom stereocenters. The Labute approximate surface area is 129 Å². The summed E-state index contributed by atoms with van der Waals surface area (Å²) in [6.07, 6.45) is 0. The maximum atomic E-state index is 12.2. The number of halogens is 1. The van der Waals surface area contributed by atoms with Gasteiger partial charge in [-0.05, 0) is 45.9 Å². The van der Waals surface area contributed by atoms with Crippen LogP contribution >= 0.6 is 15.9 Å². The van der Waals surface area contributed by atoms with Crippen molar-refractivity contribution < 1.29 is 14.3 Å². The van der Waals surface area contributed by atoms with E-state index in [-0.39, 0.29) is 12.0 Å². The van der Waals surface area contributed by atoms with Crippen LogP contribution in [0.1, 0.15) is 38.1 Å². The number of ether oxygens (including phenoxy) is 2. The van der Waals surface area contributed by atoms with Crippen LogP contribution in [0.5, 0.6) is 0 Å². The van der Waals surface area contributed by atoms with Gasteiger partial charge >= 0.3 is 5.97 Å². The quantitative estimate of drug-likeness (QED) is 0.825. The fourth-order valence-electron chi connectivity index (χ4n) is 1.70. The van der Waals surface area contributed by atoms with Gasteiger partial charge in [-0.2, -0.15) is 0 Å². The highest BCUT2D eigenvalue weighted by Gasteiger charge is 2.21. The molecule has 1 N–H and O–H groups in total. The number of esters is 1. The van der Waals surface area contributed by atoms with Crippen molar-refractivity contribution in [3.8, 4) is 0 Å². The van der Waals surface area contributed by atoms with Crippen LogP contribution < -0.4 is 5.32 Å². The molecule has 0 radical (unpaired) electrons. The summed E-state index contributed by atoms with van der Waals surface area (Å²) >= 11 is 3.41. The van der Waals surface area contributed by atoms with Gasteiger partial charge in [0, 0.05) is 17.6 Å². The van der Waals surface area contributed by atoms with Crippen LogP contribution in [0.15, 0.2) is 22.7 Å². The predicted octanol–water partition coefficient (Wildman–Crippen LogP) is 3.85. The minimum Gasteiger partial charge on any atom is -0.456 e. The van der Waals surface area contributed by atoms with Crippen LogP contribution in [0, 0.1) is 0 Å². The van der Waals surface area contributed by atoms with Gasteiger partial charge in [-0.25, -0.2) is 4.79 Å². The van der Waals surface area contributed by atoms with Gasteiger partial charge in [0.2, 0.25) is 0 Å². The molecule has 0 bridgehead atoms. The lowest BCUT2D eigenvalue weighted by Crippen LogP contribution is -2.26. The fourth-order valence-corrected chi connectivity index (χ4v) is 2.07. The molecule has 1 aromatic rings. The van der Waals surface area contributed by atoms with Crippen molar-refractivity contribution in [1.82, 2.24) is 0 Å². The molecule has 0 aromatic heterocycles. The second-order valence-corrected chi connectivity index (χ2v) is 6.61. The molecule has 0 saturated heterocycles. The van der Waals surface area contributed by atoms with E-state index in [9.17, 15) is 4.79 Å². The Morgan fingerprint density at radius 3 is 2.60 bits per heavy atom. The van der Waals surface area contributed by atoms with E-state index in [2.05, 4.69) is 21.2 Å². The fraction of sp³-hybridized carbons (Fsp3) is 0.533. The maximum Gasteiger partial charge on any atom is 0.340 e. The summed E-state index contributed by atoms with van der Waals surface area (Å²) in [4.78, 5) is 12.2. The van der Waals surface area contributed by atoms with Gasteiger partial charge in [-0.15, -0.1) is 0 Å². The second kappa shape index (κ2) is 7.09. The van der Waals surface area contributed by atoms with Gasteiger partial charge in [-0.3, -0.25) is 0 Å². The van der Waals surface area contributed by atoms with Crippen molar-refractivity contribution in [2.75, 3.05) is 19.0 Å². The smallest absolute Gasteiger partial charge is 0.340 e. The predicted molar refractivity (Wildman–Crippen MR) is 84.3 cm³/mol. The summed E-state index contributed by atoms with van der Waals surface area (Å²) < 4.78 is 11.4. The van der Waals surface area contributed by atoms with Gasteiger partial charge in [0.1, 0.15) is 5.60 Å². The molecule has 20 heavy (non-hydrogen) atoms. The largest absolute Gasteiger partial charge is 0.456 e. The third-order valence-electron chi connectivity index (χ3n) is 2.42. The summed E-state index contributed by atoms with van der Waals surface area (Å²) in [5.74, 6) is -0.336. The van der Waals surface area contributed by atoms with Gasteiger partial charge in [0.15, 0.2) is 0 Å². The summed E-state index contributed by atoms with van der Waals surface area (Å²) in [6, 6.07) is 5.53. The van der Waals surface area contributed by atoms with E-state index in [4.69, 9.17) is 9.47 Å². The molecule has 0 heterocycles. The van der Waals surface area contributed by atoms with Gasteiger partial charge in [0.05, 0.1) is 17.9 Å². The lowest BCUT2D eigenvalue weighted by Gasteiger charge is -2.22. The van der Waals surface area contributed by atoms with E-state index in [1.54, 1.807) is 13.2 Å². The maximum absolute atomic E-state index is 12.2. The van der Waals surface area contributed by atoms with Crippen molar-refractivity contribution >= 4 is 27.6 Å². The topological polar surface area (TPSA) is 47.6 Å². The third-order valence-corrected chi connectivity index (χ3v) is 2.91. The van der Waals surface area contributed by atoms with Crippen LogP contribution in [-0.4, -0.2) is 31.3 Å². The summed E-state index contributed by atoms with van der Waals surface area (Å²) in [7, 11) is 1.65. The van der Waals surface area contributed by atoms with Crippen LogP contribution in [0.25, 0.3) is 0 Å². The molecule has 4 nitrogen and oxygen atoms in total. The number of carbonyl (C=O) groups is 1. The van der Waals surface area contributed by atoms with E-state index in [1.165, 1.54) is 0 Å². The number of hydrogen-bond acceptors (Lipinski definition) is 4. The Kier molecular flexibility index (Phi) is 6.02. The molecule has 0 amide bonds. The number of carbonyl (C=O) groups excluding carboxylic acids is 1. The highest BCUT2D eigenvalue weighted by molar-refractivity contribution is 9.10. The first-order chi connectivity index (χ1) is 9.23. The molecule has 0 aliphatic heterocycles. The SMILES string of the molecule is COC[C@@H](C)Nc1cc(Br)ccc1C(=O)OC(C)(C)C. The molecule has 0 fully saturated rings. The summed E-state index contributed by atoms with van der Waals surface area (Å²) in [5.41, 5.74) is 0.740. The number of methoxy groups -OCH3 is 1. The molecular weight excluding hydrogens is 322 g/mol. The molecule has 0 spiro atoms. The van der Waals surface area contributed by atoms with Crippen molar-refractivity contribution in [2.24, 2.45) is 0 Å². The van der Waals surface area contributed by atoms with Crippen LogP contribution in [-0.2, 0) is 9.47 Å². The van der Waals surface area contributed by atoms with Crippen LogP contribution in [0.3, 0.4) is 0 Å². The average molecular weight is 344 g/mol. The van der Waals surface area contributed by atoms with Crippen molar-refractivity contribution in [3.05, 3.63) is 28.2 Å². The standard InChI is InChI=1S/C15H22BrNO3/c1-10(9-19-5)17-13-8-11(16)6-7-12(13)14(18)20-15(2,3)4/h6-8,10,17H,9H2,1-5H3/t10-/m1/s1. The van der Waals surface area contributed by atoms with E-state index < -0.39 is 5.60 Å². The molecule has 0 saturated carbocycles. The Bertz CT molecular complexity index is 469. The lowest BCUT2D eigenvalue weighted by molar-refractivity contribution is 0.00706. The molecule has 0 aliphatic rings.